The normalized spacial score (nSPS) is 10.9. The van der Waals surface area contributed by atoms with E-state index < -0.39 is 0 Å². The summed E-state index contributed by atoms with van der Waals surface area (Å²) in [6.45, 7) is 0. The Bertz CT molecular complexity index is 1120. The zero-order chi connectivity index (χ0) is 17.2. The molecule has 0 spiro atoms. The van der Waals surface area contributed by atoms with Crippen molar-refractivity contribution in [3.05, 3.63) is 82.8 Å². The van der Waals surface area contributed by atoms with Crippen molar-refractivity contribution in [3.63, 3.8) is 0 Å². The SMILES string of the molecule is O=Cc1ccc(Sc2nc3ccccc3c(=O)n2-c2ccccc2)o1. The topological polar surface area (TPSA) is 65.1 Å². The summed E-state index contributed by atoms with van der Waals surface area (Å²) in [7, 11) is 0. The van der Waals surface area contributed by atoms with E-state index in [2.05, 4.69) is 4.98 Å². The molecule has 0 aliphatic rings. The third kappa shape index (κ3) is 2.88. The molecule has 0 atom stereocenters. The van der Waals surface area contributed by atoms with Crippen LogP contribution in [-0.2, 0) is 0 Å². The van der Waals surface area contributed by atoms with Crippen LogP contribution in [0.3, 0.4) is 0 Å². The van der Waals surface area contributed by atoms with Crippen LogP contribution in [0, 0.1) is 0 Å². The van der Waals surface area contributed by atoms with Gasteiger partial charge in [-0.05, 0) is 48.2 Å². The molecule has 25 heavy (non-hydrogen) atoms. The highest BCUT2D eigenvalue weighted by Gasteiger charge is 2.15. The lowest BCUT2D eigenvalue weighted by atomic mass is 10.2. The van der Waals surface area contributed by atoms with Gasteiger partial charge in [0.2, 0.25) is 0 Å². The molecule has 122 valence electrons. The summed E-state index contributed by atoms with van der Waals surface area (Å²) in [6, 6.07) is 19.8. The van der Waals surface area contributed by atoms with Crippen molar-refractivity contribution in [1.82, 2.24) is 9.55 Å². The highest BCUT2D eigenvalue weighted by atomic mass is 32.2. The van der Waals surface area contributed by atoms with Gasteiger partial charge in [0.25, 0.3) is 5.56 Å². The lowest BCUT2D eigenvalue weighted by Crippen LogP contribution is -2.21. The summed E-state index contributed by atoms with van der Waals surface area (Å²) in [5.41, 5.74) is 1.18. The Balaban J connectivity index is 1.94. The average molecular weight is 348 g/mol. The van der Waals surface area contributed by atoms with Gasteiger partial charge in [-0.1, -0.05) is 30.3 Å². The molecule has 0 amide bonds. The number of hydrogen-bond donors (Lipinski definition) is 0. The lowest BCUT2D eigenvalue weighted by molar-refractivity contribution is 0.109. The summed E-state index contributed by atoms with van der Waals surface area (Å²) in [6.07, 6.45) is 0.641. The molecule has 2 aromatic carbocycles. The maximum atomic E-state index is 13.0. The Hall–Kier alpha value is -3.12. The molecule has 6 heteroatoms. The number of para-hydroxylation sites is 2. The molecule has 0 saturated carbocycles. The summed E-state index contributed by atoms with van der Waals surface area (Å²) < 4.78 is 6.97. The summed E-state index contributed by atoms with van der Waals surface area (Å²) in [5, 5.41) is 1.51. The third-order valence-electron chi connectivity index (χ3n) is 3.67. The van der Waals surface area contributed by atoms with Crippen LogP contribution >= 0.6 is 11.8 Å². The van der Waals surface area contributed by atoms with Gasteiger partial charge in [0, 0.05) is 0 Å². The number of carbonyl (C=O) groups is 1. The number of nitrogens with zero attached hydrogens (tertiary/aromatic N) is 2. The van der Waals surface area contributed by atoms with Crippen molar-refractivity contribution >= 4 is 29.0 Å². The number of aldehydes is 1. The van der Waals surface area contributed by atoms with E-state index in [1.807, 2.05) is 42.5 Å². The van der Waals surface area contributed by atoms with Crippen LogP contribution in [0.1, 0.15) is 10.6 Å². The molecule has 2 heterocycles. The van der Waals surface area contributed by atoms with Gasteiger partial charge < -0.3 is 4.42 Å². The van der Waals surface area contributed by atoms with E-state index in [9.17, 15) is 9.59 Å². The monoisotopic (exact) mass is 348 g/mol. The van der Waals surface area contributed by atoms with Gasteiger partial charge in [0.1, 0.15) is 0 Å². The number of rotatable bonds is 4. The minimum absolute atomic E-state index is 0.151. The second-order valence-electron chi connectivity index (χ2n) is 5.26. The van der Waals surface area contributed by atoms with Crippen LogP contribution in [0.2, 0.25) is 0 Å². The molecular formula is C19H12N2O3S. The van der Waals surface area contributed by atoms with Crippen LogP contribution in [0.15, 0.2) is 86.2 Å². The van der Waals surface area contributed by atoms with Crippen LogP contribution in [-0.4, -0.2) is 15.8 Å². The van der Waals surface area contributed by atoms with E-state index >= 15 is 0 Å². The minimum atomic E-state index is -0.151. The quantitative estimate of drug-likeness (QED) is 0.413. The first-order valence-electron chi connectivity index (χ1n) is 7.56. The highest BCUT2D eigenvalue weighted by Crippen LogP contribution is 2.29. The van der Waals surface area contributed by atoms with E-state index in [4.69, 9.17) is 4.42 Å². The Labute approximate surface area is 146 Å². The van der Waals surface area contributed by atoms with Gasteiger partial charge >= 0.3 is 0 Å². The van der Waals surface area contributed by atoms with Gasteiger partial charge in [-0.2, -0.15) is 0 Å². The molecule has 0 aliphatic carbocycles. The molecule has 0 fully saturated rings. The Morgan fingerprint density at radius 3 is 2.48 bits per heavy atom. The molecule has 0 unspecified atom stereocenters. The molecule has 4 rings (SSSR count). The van der Waals surface area contributed by atoms with Gasteiger partial charge in [0.15, 0.2) is 22.3 Å². The smallest absolute Gasteiger partial charge is 0.266 e. The molecule has 0 aliphatic heterocycles. The van der Waals surface area contributed by atoms with Crippen LogP contribution in [0.25, 0.3) is 16.6 Å². The molecular weight excluding hydrogens is 336 g/mol. The first-order chi connectivity index (χ1) is 12.3. The van der Waals surface area contributed by atoms with Crippen molar-refractivity contribution in [2.75, 3.05) is 0 Å². The molecule has 0 bridgehead atoms. The van der Waals surface area contributed by atoms with Crippen molar-refractivity contribution in [2.45, 2.75) is 10.2 Å². The second-order valence-corrected chi connectivity index (χ2v) is 6.24. The Kier molecular flexibility index (Phi) is 3.95. The van der Waals surface area contributed by atoms with Crippen LogP contribution in [0.5, 0.6) is 0 Å². The maximum absolute atomic E-state index is 13.0. The fraction of sp³-hybridized carbons (Fsp3) is 0. The number of fused-ring (bicyclic) bond motifs is 1. The van der Waals surface area contributed by atoms with E-state index in [1.165, 1.54) is 11.8 Å². The van der Waals surface area contributed by atoms with E-state index in [1.54, 1.807) is 28.8 Å². The number of carbonyl (C=O) groups excluding carboxylic acids is 1. The number of aromatic nitrogens is 2. The van der Waals surface area contributed by atoms with Crippen LogP contribution in [0.4, 0.5) is 0 Å². The predicted molar refractivity (Wildman–Crippen MR) is 95.6 cm³/mol. The maximum Gasteiger partial charge on any atom is 0.266 e. The predicted octanol–water partition coefficient (Wildman–Crippen LogP) is 3.94. The first kappa shape index (κ1) is 15.4. The fourth-order valence-corrected chi connectivity index (χ4v) is 3.41. The largest absolute Gasteiger partial charge is 0.447 e. The molecule has 4 aromatic rings. The second kappa shape index (κ2) is 6.41. The number of furan rings is 1. The van der Waals surface area contributed by atoms with Crippen molar-refractivity contribution in [2.24, 2.45) is 0 Å². The molecule has 0 radical (unpaired) electrons. The highest BCUT2D eigenvalue weighted by molar-refractivity contribution is 7.99. The zero-order valence-electron chi connectivity index (χ0n) is 13.0. The van der Waals surface area contributed by atoms with Gasteiger partial charge in [-0.25, -0.2) is 4.98 Å². The molecule has 5 nitrogen and oxygen atoms in total. The number of benzene rings is 2. The minimum Gasteiger partial charge on any atom is -0.447 e. The van der Waals surface area contributed by atoms with E-state index in [-0.39, 0.29) is 11.3 Å². The molecule has 0 N–H and O–H groups in total. The molecule has 0 saturated heterocycles. The van der Waals surface area contributed by atoms with Crippen molar-refractivity contribution in [1.29, 1.82) is 0 Å². The summed E-state index contributed by atoms with van der Waals surface area (Å²) in [5.74, 6) is 0.233. The number of hydrogen-bond acceptors (Lipinski definition) is 5. The van der Waals surface area contributed by atoms with Crippen molar-refractivity contribution in [3.8, 4) is 5.69 Å². The van der Waals surface area contributed by atoms with Crippen molar-refractivity contribution < 1.29 is 9.21 Å². The lowest BCUT2D eigenvalue weighted by Gasteiger charge is -2.12. The molecule has 2 aromatic heterocycles. The Morgan fingerprint density at radius 2 is 1.72 bits per heavy atom. The van der Waals surface area contributed by atoms with Crippen LogP contribution < -0.4 is 5.56 Å². The fourth-order valence-electron chi connectivity index (χ4n) is 2.53. The van der Waals surface area contributed by atoms with E-state index in [0.717, 1.165) is 5.69 Å². The average Bonchev–Trinajstić information content (AvgIpc) is 3.10. The van der Waals surface area contributed by atoms with Gasteiger partial charge in [-0.15, -0.1) is 0 Å². The van der Waals surface area contributed by atoms with Gasteiger partial charge in [0.05, 0.1) is 16.6 Å². The van der Waals surface area contributed by atoms with E-state index in [0.29, 0.717) is 27.4 Å². The third-order valence-corrected chi connectivity index (χ3v) is 4.55. The summed E-state index contributed by atoms with van der Waals surface area (Å²) >= 11 is 1.20. The first-order valence-corrected chi connectivity index (χ1v) is 8.38. The Morgan fingerprint density at radius 1 is 0.960 bits per heavy atom. The standard InChI is InChI=1S/C19H12N2O3S/c22-12-14-10-11-17(24-14)25-19-20-16-9-5-4-8-15(16)18(23)21(19)13-6-2-1-3-7-13/h1-12H. The summed E-state index contributed by atoms with van der Waals surface area (Å²) in [4.78, 5) is 28.5. The van der Waals surface area contributed by atoms with Gasteiger partial charge in [-0.3, -0.25) is 14.2 Å². The zero-order valence-corrected chi connectivity index (χ0v) is 13.8.